The number of piperidine rings is 1. The molecule has 0 saturated carbocycles. The molecule has 2 amide bonds. The highest BCUT2D eigenvalue weighted by atomic mass is 16.8. The third kappa shape index (κ3) is 5.50. The maximum absolute atomic E-state index is 13.1. The minimum atomic E-state index is -0.590. The third-order valence-electron chi connectivity index (χ3n) is 6.95. The summed E-state index contributed by atoms with van der Waals surface area (Å²) in [5.41, 5.74) is 3.69. The maximum Gasteiger partial charge on any atom is 0.267 e. The van der Waals surface area contributed by atoms with Gasteiger partial charge in [-0.3, -0.25) is 14.4 Å². The van der Waals surface area contributed by atoms with E-state index in [0.29, 0.717) is 55.0 Å². The fourth-order valence-corrected chi connectivity index (χ4v) is 4.91. The lowest BCUT2D eigenvalue weighted by molar-refractivity contribution is -0.198. The maximum atomic E-state index is 13.1. The number of nitrogens with zero attached hydrogens (tertiary/aromatic N) is 1. The molecular weight excluding hydrogens is 460 g/mol. The molecule has 2 aromatic rings. The number of nitrogens with one attached hydrogen (secondary N) is 1. The van der Waals surface area contributed by atoms with Crippen LogP contribution in [0.1, 0.15) is 64.8 Å². The normalized spacial score (nSPS) is 21.2. The Labute approximate surface area is 210 Å². The fraction of sp³-hybridized carbons (Fsp3) is 0.393. The summed E-state index contributed by atoms with van der Waals surface area (Å²) in [6, 6.07) is 14.6. The van der Waals surface area contributed by atoms with Gasteiger partial charge in [0.05, 0.1) is 12.0 Å². The Morgan fingerprint density at radius 2 is 1.89 bits per heavy atom. The van der Waals surface area contributed by atoms with Crippen molar-refractivity contribution in [1.29, 1.82) is 0 Å². The van der Waals surface area contributed by atoms with Gasteiger partial charge in [0.1, 0.15) is 11.4 Å². The second-order valence-electron chi connectivity index (χ2n) is 9.51. The Kier molecular flexibility index (Phi) is 7.16. The zero-order valence-corrected chi connectivity index (χ0v) is 20.1. The number of carbonyl (C=O) groups is 3. The number of rotatable bonds is 5. The van der Waals surface area contributed by atoms with E-state index >= 15 is 0 Å². The molecule has 8 nitrogen and oxygen atoms in total. The van der Waals surface area contributed by atoms with Crippen LogP contribution in [-0.4, -0.2) is 54.1 Å². The van der Waals surface area contributed by atoms with Crippen molar-refractivity contribution >= 4 is 23.7 Å². The van der Waals surface area contributed by atoms with Crippen molar-refractivity contribution in [2.24, 2.45) is 0 Å². The summed E-state index contributed by atoms with van der Waals surface area (Å²) in [6.45, 7) is 1.72. The molecule has 5 rings (SSSR count). The Balaban J connectivity index is 1.18. The van der Waals surface area contributed by atoms with Gasteiger partial charge in [-0.2, -0.15) is 0 Å². The van der Waals surface area contributed by atoms with Gasteiger partial charge >= 0.3 is 0 Å². The second-order valence-corrected chi connectivity index (χ2v) is 9.51. The van der Waals surface area contributed by atoms with Gasteiger partial charge in [0, 0.05) is 50.6 Å². The molecule has 8 heteroatoms. The van der Waals surface area contributed by atoms with Crippen LogP contribution in [0, 0.1) is 0 Å². The first-order chi connectivity index (χ1) is 17.5. The highest BCUT2D eigenvalue weighted by Gasteiger charge is 2.43. The van der Waals surface area contributed by atoms with Crippen molar-refractivity contribution in [3.63, 3.8) is 0 Å². The highest BCUT2D eigenvalue weighted by Crippen LogP contribution is 2.40. The minimum Gasteiger partial charge on any atom is -0.486 e. The summed E-state index contributed by atoms with van der Waals surface area (Å²) in [6.07, 6.45) is 6.81. The summed E-state index contributed by atoms with van der Waals surface area (Å²) in [5.74, 6) is 0.162. The van der Waals surface area contributed by atoms with Crippen LogP contribution in [0.2, 0.25) is 0 Å². The Morgan fingerprint density at radius 1 is 1.08 bits per heavy atom. The van der Waals surface area contributed by atoms with Gasteiger partial charge in [-0.25, -0.2) is 10.3 Å². The molecule has 3 heterocycles. The van der Waals surface area contributed by atoms with Crippen molar-refractivity contribution in [2.75, 3.05) is 19.7 Å². The molecule has 2 fully saturated rings. The van der Waals surface area contributed by atoms with E-state index in [1.807, 2.05) is 41.3 Å². The number of carbonyl (C=O) groups excluding carboxylic acids is 3. The van der Waals surface area contributed by atoms with Crippen molar-refractivity contribution in [3.05, 3.63) is 71.3 Å². The average Bonchev–Trinajstić information content (AvgIpc) is 2.92. The molecule has 0 aliphatic carbocycles. The SMILES string of the molecule is O=C(/C=C/c1ccc2c(c1)C(=O)CC1(CCN(C(=O)c3ccccc3)CC1)O2)NOC1CCCCO1. The molecule has 1 atom stereocenters. The van der Waals surface area contributed by atoms with Gasteiger partial charge in [-0.15, -0.1) is 0 Å². The first kappa shape index (κ1) is 24.2. The van der Waals surface area contributed by atoms with Crippen molar-refractivity contribution < 1.29 is 28.7 Å². The molecule has 2 aromatic carbocycles. The number of likely N-dealkylation sites (tertiary alicyclic amines) is 1. The van der Waals surface area contributed by atoms with Crippen LogP contribution in [0.5, 0.6) is 5.75 Å². The number of benzene rings is 2. The molecule has 3 aliphatic heterocycles. The largest absolute Gasteiger partial charge is 0.486 e. The fourth-order valence-electron chi connectivity index (χ4n) is 4.91. The lowest BCUT2D eigenvalue weighted by Crippen LogP contribution is -2.52. The molecule has 0 bridgehead atoms. The minimum absolute atomic E-state index is 0.00474. The number of ether oxygens (including phenoxy) is 2. The molecular formula is C28H30N2O6. The summed E-state index contributed by atoms with van der Waals surface area (Å²) in [5, 5.41) is 0. The third-order valence-corrected chi connectivity index (χ3v) is 6.95. The number of Topliss-reactive ketones (excluding diaryl/α,β-unsaturated/α-hetero) is 1. The first-order valence-electron chi connectivity index (χ1n) is 12.5. The van der Waals surface area contributed by atoms with E-state index in [9.17, 15) is 14.4 Å². The van der Waals surface area contributed by atoms with Gasteiger partial charge in [0.2, 0.25) is 0 Å². The second kappa shape index (κ2) is 10.6. The number of ketones is 1. The predicted molar refractivity (Wildman–Crippen MR) is 132 cm³/mol. The lowest BCUT2D eigenvalue weighted by Gasteiger charge is -2.44. The molecule has 188 valence electrons. The van der Waals surface area contributed by atoms with E-state index in [0.717, 1.165) is 19.3 Å². The zero-order valence-electron chi connectivity index (χ0n) is 20.1. The van der Waals surface area contributed by atoms with E-state index in [1.165, 1.54) is 6.08 Å². The summed E-state index contributed by atoms with van der Waals surface area (Å²) < 4.78 is 11.8. The van der Waals surface area contributed by atoms with Crippen LogP contribution in [0.15, 0.2) is 54.6 Å². The van der Waals surface area contributed by atoms with Crippen LogP contribution >= 0.6 is 0 Å². The molecule has 0 aromatic heterocycles. The number of hydroxylamine groups is 1. The van der Waals surface area contributed by atoms with Crippen LogP contribution in [0.4, 0.5) is 0 Å². The van der Waals surface area contributed by atoms with E-state index < -0.39 is 17.8 Å². The monoisotopic (exact) mass is 490 g/mol. The van der Waals surface area contributed by atoms with Crippen molar-refractivity contribution in [2.45, 2.75) is 50.4 Å². The predicted octanol–water partition coefficient (Wildman–Crippen LogP) is 3.91. The molecule has 1 spiro atoms. The first-order valence-corrected chi connectivity index (χ1v) is 12.5. The number of hydrogen-bond acceptors (Lipinski definition) is 6. The van der Waals surface area contributed by atoms with Gasteiger partial charge in [-0.1, -0.05) is 24.3 Å². The Bertz CT molecular complexity index is 1150. The summed E-state index contributed by atoms with van der Waals surface area (Å²) >= 11 is 0. The van der Waals surface area contributed by atoms with Gasteiger partial charge in [0.15, 0.2) is 12.1 Å². The Hall–Kier alpha value is -3.49. The number of fused-ring (bicyclic) bond motifs is 1. The van der Waals surface area contributed by atoms with Gasteiger partial charge in [0.25, 0.3) is 11.8 Å². The summed E-state index contributed by atoms with van der Waals surface area (Å²) in [7, 11) is 0. The topological polar surface area (TPSA) is 94.2 Å². The molecule has 36 heavy (non-hydrogen) atoms. The molecule has 2 saturated heterocycles. The van der Waals surface area contributed by atoms with E-state index in [1.54, 1.807) is 18.2 Å². The van der Waals surface area contributed by atoms with Crippen LogP contribution < -0.4 is 10.2 Å². The van der Waals surface area contributed by atoms with Crippen molar-refractivity contribution in [1.82, 2.24) is 10.4 Å². The lowest BCUT2D eigenvalue weighted by atomic mass is 9.82. The van der Waals surface area contributed by atoms with E-state index in [-0.39, 0.29) is 18.1 Å². The van der Waals surface area contributed by atoms with Gasteiger partial charge in [-0.05, 0) is 48.7 Å². The average molecular weight is 491 g/mol. The van der Waals surface area contributed by atoms with Crippen LogP contribution in [0.25, 0.3) is 6.08 Å². The zero-order chi connectivity index (χ0) is 25.0. The van der Waals surface area contributed by atoms with Crippen LogP contribution in [0.3, 0.4) is 0 Å². The van der Waals surface area contributed by atoms with Crippen LogP contribution in [-0.2, 0) is 14.4 Å². The molecule has 3 aliphatic rings. The molecule has 1 unspecified atom stereocenters. The molecule has 0 radical (unpaired) electrons. The van der Waals surface area contributed by atoms with E-state index in [2.05, 4.69) is 5.48 Å². The summed E-state index contributed by atoms with van der Waals surface area (Å²) in [4.78, 5) is 45.0. The highest BCUT2D eigenvalue weighted by molar-refractivity contribution is 6.01. The smallest absolute Gasteiger partial charge is 0.267 e. The Morgan fingerprint density at radius 3 is 2.64 bits per heavy atom. The standard InChI is InChI=1S/C28H30N2O6/c31-23-19-28(13-15-30(16-14-28)27(33)21-6-2-1-3-7-21)35-24-11-9-20(18-22(23)24)10-12-25(32)29-36-26-8-4-5-17-34-26/h1-3,6-7,9-12,18,26H,4-5,8,13-17,19H2,(H,29,32)/b12-10+. The van der Waals surface area contributed by atoms with Crippen molar-refractivity contribution in [3.8, 4) is 5.75 Å². The van der Waals surface area contributed by atoms with Gasteiger partial charge < -0.3 is 14.4 Å². The number of amides is 2. The molecule has 1 N–H and O–H groups in total. The number of hydrogen-bond donors (Lipinski definition) is 1. The van der Waals surface area contributed by atoms with E-state index in [4.69, 9.17) is 14.3 Å². The quantitative estimate of drug-likeness (QED) is 0.505.